The van der Waals surface area contributed by atoms with E-state index >= 15 is 0 Å². The van der Waals surface area contributed by atoms with E-state index in [1.54, 1.807) is 24.3 Å². The first kappa shape index (κ1) is 10.3. The van der Waals surface area contributed by atoms with Gasteiger partial charge in [0.05, 0.1) is 16.7 Å². The first-order valence-corrected chi connectivity index (χ1v) is 4.97. The SMILES string of the molecule is O=C([O-])c1ccccc1[CH+]c1ccccc1. The summed E-state index contributed by atoms with van der Waals surface area (Å²) >= 11 is 0. The van der Waals surface area contributed by atoms with Crippen LogP contribution in [0.1, 0.15) is 21.5 Å². The lowest BCUT2D eigenvalue weighted by molar-refractivity contribution is -0.255. The van der Waals surface area contributed by atoms with Crippen LogP contribution in [0.5, 0.6) is 0 Å². The van der Waals surface area contributed by atoms with Crippen LogP contribution in [0.4, 0.5) is 0 Å². The van der Waals surface area contributed by atoms with Crippen molar-refractivity contribution in [3.8, 4) is 0 Å². The molecule has 0 aliphatic rings. The van der Waals surface area contributed by atoms with E-state index in [1.807, 2.05) is 36.8 Å². The van der Waals surface area contributed by atoms with E-state index < -0.39 is 5.97 Å². The standard InChI is InChI=1S/C14H10O2/c15-14(16)13-9-5-4-8-12(13)10-11-6-2-1-3-7-11/h1-10H. The predicted molar refractivity (Wildman–Crippen MR) is 59.7 cm³/mol. The molecule has 0 aromatic heterocycles. The number of carboxylic acids is 1. The van der Waals surface area contributed by atoms with Crippen molar-refractivity contribution < 1.29 is 9.90 Å². The predicted octanol–water partition coefficient (Wildman–Crippen LogP) is 1.65. The third-order valence-electron chi connectivity index (χ3n) is 2.30. The maximum atomic E-state index is 10.9. The van der Waals surface area contributed by atoms with E-state index in [2.05, 4.69) is 0 Å². The first-order valence-electron chi connectivity index (χ1n) is 4.97. The van der Waals surface area contributed by atoms with Crippen LogP contribution in [0, 0.1) is 6.42 Å². The van der Waals surface area contributed by atoms with Gasteiger partial charge in [-0.25, -0.2) is 0 Å². The molecule has 0 saturated carbocycles. The Bertz CT molecular complexity index is 489. The van der Waals surface area contributed by atoms with Gasteiger partial charge in [-0.05, 0) is 36.4 Å². The Labute approximate surface area is 94.2 Å². The summed E-state index contributed by atoms with van der Waals surface area (Å²) in [5.41, 5.74) is 1.84. The monoisotopic (exact) mass is 210 g/mol. The van der Waals surface area contributed by atoms with Crippen molar-refractivity contribution in [2.75, 3.05) is 0 Å². The van der Waals surface area contributed by atoms with Crippen molar-refractivity contribution in [2.24, 2.45) is 0 Å². The topological polar surface area (TPSA) is 40.1 Å². The Hall–Kier alpha value is -2.22. The van der Waals surface area contributed by atoms with Gasteiger partial charge in [-0.3, -0.25) is 0 Å². The highest BCUT2D eigenvalue weighted by Crippen LogP contribution is 2.15. The number of carbonyl (C=O) groups excluding carboxylic acids is 1. The highest BCUT2D eigenvalue weighted by molar-refractivity contribution is 5.88. The van der Waals surface area contributed by atoms with Gasteiger partial charge in [0, 0.05) is 24.6 Å². The Morgan fingerprint density at radius 2 is 1.56 bits per heavy atom. The maximum absolute atomic E-state index is 10.9. The van der Waals surface area contributed by atoms with Crippen LogP contribution in [-0.4, -0.2) is 5.97 Å². The maximum Gasteiger partial charge on any atom is 0.108 e. The van der Waals surface area contributed by atoms with Crippen molar-refractivity contribution in [1.29, 1.82) is 0 Å². The zero-order valence-corrected chi connectivity index (χ0v) is 8.59. The molecule has 0 spiro atoms. The molecule has 2 aromatic carbocycles. The molecule has 0 N–H and O–H groups in total. The summed E-state index contributed by atoms with van der Waals surface area (Å²) in [6.45, 7) is 0. The zero-order chi connectivity index (χ0) is 11.4. The second-order valence-electron chi connectivity index (χ2n) is 3.43. The van der Waals surface area contributed by atoms with Gasteiger partial charge in [0.1, 0.15) is 5.97 Å². The van der Waals surface area contributed by atoms with Crippen LogP contribution >= 0.6 is 0 Å². The number of carbonyl (C=O) groups is 1. The lowest BCUT2D eigenvalue weighted by atomic mass is 10.00. The summed E-state index contributed by atoms with van der Waals surface area (Å²) in [6, 6.07) is 16.4. The molecule has 0 heterocycles. The molecule has 2 aromatic rings. The minimum atomic E-state index is -1.15. The highest BCUT2D eigenvalue weighted by Gasteiger charge is 2.09. The van der Waals surface area contributed by atoms with Crippen molar-refractivity contribution in [3.63, 3.8) is 0 Å². The van der Waals surface area contributed by atoms with Crippen LogP contribution in [0.2, 0.25) is 0 Å². The van der Waals surface area contributed by atoms with Gasteiger partial charge in [-0.1, -0.05) is 0 Å². The lowest BCUT2D eigenvalue weighted by Crippen LogP contribution is -2.23. The molecule has 2 heteroatoms. The molecule has 16 heavy (non-hydrogen) atoms. The van der Waals surface area contributed by atoms with Crippen molar-refractivity contribution in [2.45, 2.75) is 0 Å². The molecule has 0 aliphatic heterocycles. The van der Waals surface area contributed by atoms with E-state index in [4.69, 9.17) is 0 Å². The largest absolute Gasteiger partial charge is 0.536 e. The molecule has 0 bridgehead atoms. The van der Waals surface area contributed by atoms with Gasteiger partial charge in [0.2, 0.25) is 0 Å². The summed E-state index contributed by atoms with van der Waals surface area (Å²) in [5, 5.41) is 10.9. The summed E-state index contributed by atoms with van der Waals surface area (Å²) < 4.78 is 0. The normalized spacial score (nSPS) is 9.75. The van der Waals surface area contributed by atoms with Gasteiger partial charge < -0.3 is 9.90 Å². The first-order chi connectivity index (χ1) is 7.77. The number of rotatable bonds is 3. The van der Waals surface area contributed by atoms with Gasteiger partial charge in [-0.15, -0.1) is 0 Å². The summed E-state index contributed by atoms with van der Waals surface area (Å²) in [6.07, 6.45) is 1.82. The molecular formula is C14H10O2. The van der Waals surface area contributed by atoms with Crippen LogP contribution < -0.4 is 5.11 Å². The quantitative estimate of drug-likeness (QED) is 0.723. The van der Waals surface area contributed by atoms with Gasteiger partial charge in [0.25, 0.3) is 0 Å². The third-order valence-corrected chi connectivity index (χ3v) is 2.30. The van der Waals surface area contributed by atoms with Crippen molar-refractivity contribution >= 4 is 5.97 Å². The minimum absolute atomic E-state index is 0.214. The zero-order valence-electron chi connectivity index (χ0n) is 8.59. The van der Waals surface area contributed by atoms with E-state index in [9.17, 15) is 9.90 Å². The van der Waals surface area contributed by atoms with Crippen molar-refractivity contribution in [1.82, 2.24) is 0 Å². The van der Waals surface area contributed by atoms with Crippen LogP contribution in [0.15, 0.2) is 54.6 Å². The number of aromatic carboxylic acids is 1. The third kappa shape index (κ3) is 2.23. The Morgan fingerprint density at radius 1 is 0.938 bits per heavy atom. The summed E-state index contributed by atoms with van der Waals surface area (Å²) in [7, 11) is 0. The molecule has 0 unspecified atom stereocenters. The molecule has 0 radical (unpaired) electrons. The van der Waals surface area contributed by atoms with Gasteiger partial charge in [0.15, 0.2) is 0 Å². The molecule has 2 nitrogen and oxygen atoms in total. The molecule has 2 rings (SSSR count). The molecular weight excluding hydrogens is 200 g/mol. The fraction of sp³-hybridized carbons (Fsp3) is 0. The second-order valence-corrected chi connectivity index (χ2v) is 3.43. The molecule has 0 atom stereocenters. The summed E-state index contributed by atoms with van der Waals surface area (Å²) in [5.74, 6) is -1.15. The molecule has 0 saturated heterocycles. The molecule has 0 aliphatic carbocycles. The van der Waals surface area contributed by atoms with Crippen LogP contribution in [0.3, 0.4) is 0 Å². The number of hydrogen-bond donors (Lipinski definition) is 0. The van der Waals surface area contributed by atoms with Gasteiger partial charge >= 0.3 is 0 Å². The van der Waals surface area contributed by atoms with E-state index in [0.717, 1.165) is 5.56 Å². The Balaban J connectivity index is 2.31. The minimum Gasteiger partial charge on any atom is -0.536 e. The average molecular weight is 210 g/mol. The van der Waals surface area contributed by atoms with Crippen LogP contribution in [0.25, 0.3) is 0 Å². The van der Waals surface area contributed by atoms with Crippen LogP contribution in [-0.2, 0) is 0 Å². The number of hydrogen-bond acceptors (Lipinski definition) is 2. The molecule has 0 fully saturated rings. The number of carboxylic acid groups (broad SMARTS) is 1. The van der Waals surface area contributed by atoms with Gasteiger partial charge in [-0.2, -0.15) is 0 Å². The Morgan fingerprint density at radius 3 is 2.25 bits per heavy atom. The fourth-order valence-electron chi connectivity index (χ4n) is 1.54. The van der Waals surface area contributed by atoms with Crippen molar-refractivity contribution in [3.05, 3.63) is 77.7 Å². The second kappa shape index (κ2) is 4.53. The van der Waals surface area contributed by atoms with E-state index in [1.165, 1.54) is 0 Å². The van der Waals surface area contributed by atoms with E-state index in [-0.39, 0.29) is 5.56 Å². The molecule has 78 valence electrons. The Kier molecular flexibility index (Phi) is 2.92. The lowest BCUT2D eigenvalue weighted by Gasteiger charge is -2.03. The average Bonchev–Trinajstić information content (AvgIpc) is 2.31. The number of benzene rings is 2. The fourth-order valence-corrected chi connectivity index (χ4v) is 1.54. The highest BCUT2D eigenvalue weighted by atomic mass is 16.4. The summed E-state index contributed by atoms with van der Waals surface area (Å²) in [4.78, 5) is 10.9. The van der Waals surface area contributed by atoms with E-state index in [0.29, 0.717) is 5.56 Å². The smallest absolute Gasteiger partial charge is 0.108 e. The molecule has 0 amide bonds.